The zero-order valence-corrected chi connectivity index (χ0v) is 10.9. The van der Waals surface area contributed by atoms with Gasteiger partial charge in [0.15, 0.2) is 5.78 Å². The zero-order valence-electron chi connectivity index (χ0n) is 10.9. The van der Waals surface area contributed by atoms with Gasteiger partial charge in [-0.05, 0) is 25.0 Å². The number of carbonyl (C=O) groups is 1. The third-order valence-electron chi connectivity index (χ3n) is 3.23. The summed E-state index contributed by atoms with van der Waals surface area (Å²) in [7, 11) is 1.59. The fraction of sp³-hybridized carbons (Fsp3) is 0.500. The van der Waals surface area contributed by atoms with E-state index in [4.69, 9.17) is 4.74 Å². The molecule has 104 valence electrons. The summed E-state index contributed by atoms with van der Waals surface area (Å²) in [6.45, 7) is 1.14. The second-order valence-corrected chi connectivity index (χ2v) is 4.71. The van der Waals surface area contributed by atoms with Gasteiger partial charge in [0.2, 0.25) is 0 Å². The van der Waals surface area contributed by atoms with Crippen molar-refractivity contribution in [2.75, 3.05) is 26.8 Å². The molecule has 0 N–H and O–H groups in total. The summed E-state index contributed by atoms with van der Waals surface area (Å²) in [6, 6.07) is 3.80. The van der Waals surface area contributed by atoms with Crippen LogP contribution < -0.4 is 0 Å². The molecule has 0 heterocycles. The molecule has 0 unspecified atom stereocenters. The molecule has 0 bridgehead atoms. The number of Topliss-reactive ketones (excluding diaryl/α,β-unsaturated/α-hetero) is 1. The molecule has 1 aromatic rings. The number of hydrogen-bond donors (Lipinski definition) is 0. The SMILES string of the molecule is COCCN(CC(=O)c1c(F)cccc1F)C1CC1. The van der Waals surface area contributed by atoms with Crippen molar-refractivity contribution in [3.05, 3.63) is 35.4 Å². The topological polar surface area (TPSA) is 29.5 Å². The van der Waals surface area contributed by atoms with E-state index in [1.807, 2.05) is 4.90 Å². The third-order valence-corrected chi connectivity index (χ3v) is 3.23. The van der Waals surface area contributed by atoms with Crippen molar-refractivity contribution in [2.24, 2.45) is 0 Å². The highest BCUT2D eigenvalue weighted by Crippen LogP contribution is 2.27. The van der Waals surface area contributed by atoms with Crippen molar-refractivity contribution >= 4 is 5.78 Å². The Bertz CT molecular complexity index is 441. The predicted molar refractivity (Wildman–Crippen MR) is 67.2 cm³/mol. The van der Waals surface area contributed by atoms with Gasteiger partial charge in [0.1, 0.15) is 11.6 Å². The lowest BCUT2D eigenvalue weighted by Crippen LogP contribution is -2.35. The van der Waals surface area contributed by atoms with Gasteiger partial charge < -0.3 is 4.74 Å². The Morgan fingerprint density at radius 1 is 1.37 bits per heavy atom. The lowest BCUT2D eigenvalue weighted by molar-refractivity contribution is 0.0878. The molecule has 1 aliphatic carbocycles. The summed E-state index contributed by atoms with van der Waals surface area (Å²) in [6.07, 6.45) is 2.05. The molecule has 0 radical (unpaired) electrons. The molecule has 0 aromatic heterocycles. The number of rotatable bonds is 7. The Balaban J connectivity index is 2.06. The summed E-state index contributed by atoms with van der Waals surface area (Å²) in [5, 5.41) is 0. The van der Waals surface area contributed by atoms with Gasteiger partial charge in [0, 0.05) is 19.7 Å². The monoisotopic (exact) mass is 269 g/mol. The first-order valence-corrected chi connectivity index (χ1v) is 6.33. The minimum Gasteiger partial charge on any atom is -0.383 e. The molecule has 0 atom stereocenters. The summed E-state index contributed by atoms with van der Waals surface area (Å²) < 4.78 is 32.0. The first-order valence-electron chi connectivity index (χ1n) is 6.33. The molecule has 1 fully saturated rings. The Labute approximate surface area is 111 Å². The van der Waals surface area contributed by atoms with Crippen molar-refractivity contribution in [3.8, 4) is 0 Å². The van der Waals surface area contributed by atoms with E-state index in [1.54, 1.807) is 7.11 Å². The van der Waals surface area contributed by atoms with E-state index < -0.39 is 23.0 Å². The van der Waals surface area contributed by atoms with E-state index in [1.165, 1.54) is 6.07 Å². The summed E-state index contributed by atoms with van der Waals surface area (Å²) in [4.78, 5) is 14.0. The second-order valence-electron chi connectivity index (χ2n) is 4.71. The van der Waals surface area contributed by atoms with Gasteiger partial charge in [0.05, 0.1) is 18.7 Å². The Kier molecular flexibility index (Phi) is 4.61. The number of benzene rings is 1. The lowest BCUT2D eigenvalue weighted by atomic mass is 10.1. The molecule has 0 saturated heterocycles. The molecule has 2 rings (SSSR count). The number of nitrogens with zero attached hydrogens (tertiary/aromatic N) is 1. The number of ether oxygens (including phenoxy) is 1. The van der Waals surface area contributed by atoms with Crippen molar-refractivity contribution < 1.29 is 18.3 Å². The summed E-state index contributed by atoms with van der Waals surface area (Å²) >= 11 is 0. The molecule has 1 aromatic carbocycles. The van der Waals surface area contributed by atoms with Gasteiger partial charge in [0.25, 0.3) is 0 Å². The largest absolute Gasteiger partial charge is 0.383 e. The standard InChI is InChI=1S/C14H17F2NO2/c1-19-8-7-17(10-5-6-10)9-13(18)14-11(15)3-2-4-12(14)16/h2-4,10H,5-9H2,1H3. The molecule has 3 nitrogen and oxygen atoms in total. The van der Waals surface area contributed by atoms with Crippen molar-refractivity contribution in [3.63, 3.8) is 0 Å². The number of carbonyl (C=O) groups excluding carboxylic acids is 1. The average molecular weight is 269 g/mol. The minimum absolute atomic E-state index is 0.0336. The van der Waals surface area contributed by atoms with Crippen LogP contribution in [0.15, 0.2) is 18.2 Å². The summed E-state index contributed by atoms with van der Waals surface area (Å²) in [5.41, 5.74) is -0.439. The molecular weight excluding hydrogens is 252 g/mol. The van der Waals surface area contributed by atoms with E-state index in [9.17, 15) is 13.6 Å². The van der Waals surface area contributed by atoms with Crippen molar-refractivity contribution in [1.82, 2.24) is 4.90 Å². The van der Waals surface area contributed by atoms with Gasteiger partial charge in [-0.15, -0.1) is 0 Å². The van der Waals surface area contributed by atoms with Crippen LogP contribution in [0, 0.1) is 11.6 Å². The van der Waals surface area contributed by atoms with Crippen LogP contribution in [0.1, 0.15) is 23.2 Å². The molecule has 1 saturated carbocycles. The molecule has 1 aliphatic rings. The van der Waals surface area contributed by atoms with Crippen LogP contribution in [-0.4, -0.2) is 43.5 Å². The Morgan fingerprint density at radius 3 is 2.53 bits per heavy atom. The Hall–Kier alpha value is -1.33. The maximum absolute atomic E-state index is 13.5. The number of methoxy groups -OCH3 is 1. The quantitative estimate of drug-likeness (QED) is 0.711. The fourth-order valence-electron chi connectivity index (χ4n) is 2.07. The molecule has 0 spiro atoms. The van der Waals surface area contributed by atoms with Gasteiger partial charge in [-0.2, -0.15) is 0 Å². The molecule has 0 aliphatic heterocycles. The molecule has 5 heteroatoms. The fourth-order valence-corrected chi connectivity index (χ4v) is 2.07. The van der Waals surface area contributed by atoms with Crippen LogP contribution in [0.25, 0.3) is 0 Å². The van der Waals surface area contributed by atoms with E-state index >= 15 is 0 Å². The van der Waals surface area contributed by atoms with E-state index in [-0.39, 0.29) is 6.54 Å². The van der Waals surface area contributed by atoms with Crippen LogP contribution in [0.3, 0.4) is 0 Å². The first-order chi connectivity index (χ1) is 9.13. The van der Waals surface area contributed by atoms with Gasteiger partial charge in [-0.25, -0.2) is 8.78 Å². The van der Waals surface area contributed by atoms with Crippen LogP contribution in [0.2, 0.25) is 0 Å². The van der Waals surface area contributed by atoms with Crippen LogP contribution in [0.4, 0.5) is 8.78 Å². The third kappa shape index (κ3) is 3.58. The van der Waals surface area contributed by atoms with Crippen LogP contribution in [0.5, 0.6) is 0 Å². The highest BCUT2D eigenvalue weighted by atomic mass is 19.1. The predicted octanol–water partition coefficient (Wildman–Crippen LogP) is 2.26. The normalized spacial score (nSPS) is 14.9. The molecule has 19 heavy (non-hydrogen) atoms. The maximum Gasteiger partial charge on any atom is 0.182 e. The minimum atomic E-state index is -0.799. The van der Waals surface area contributed by atoms with Crippen LogP contribution in [-0.2, 0) is 4.74 Å². The number of halogens is 2. The smallest absolute Gasteiger partial charge is 0.182 e. The molecular formula is C14H17F2NO2. The van der Waals surface area contributed by atoms with E-state index in [0.29, 0.717) is 19.2 Å². The number of ketones is 1. The maximum atomic E-state index is 13.5. The lowest BCUT2D eigenvalue weighted by Gasteiger charge is -2.20. The first kappa shape index (κ1) is 14.1. The van der Waals surface area contributed by atoms with Gasteiger partial charge in [-0.3, -0.25) is 9.69 Å². The van der Waals surface area contributed by atoms with E-state index in [0.717, 1.165) is 25.0 Å². The zero-order chi connectivity index (χ0) is 13.8. The highest BCUT2D eigenvalue weighted by Gasteiger charge is 2.31. The molecule has 0 amide bonds. The second kappa shape index (κ2) is 6.21. The van der Waals surface area contributed by atoms with Crippen LogP contribution >= 0.6 is 0 Å². The summed E-state index contributed by atoms with van der Waals surface area (Å²) in [5.74, 6) is -2.11. The van der Waals surface area contributed by atoms with E-state index in [2.05, 4.69) is 0 Å². The van der Waals surface area contributed by atoms with Gasteiger partial charge >= 0.3 is 0 Å². The van der Waals surface area contributed by atoms with Crippen molar-refractivity contribution in [2.45, 2.75) is 18.9 Å². The Morgan fingerprint density at radius 2 is 2.00 bits per heavy atom. The highest BCUT2D eigenvalue weighted by molar-refractivity contribution is 5.98. The number of hydrogen-bond acceptors (Lipinski definition) is 3. The van der Waals surface area contributed by atoms with Gasteiger partial charge in [-0.1, -0.05) is 6.07 Å². The average Bonchev–Trinajstić information content (AvgIpc) is 3.18. The van der Waals surface area contributed by atoms with Crippen molar-refractivity contribution in [1.29, 1.82) is 0 Å².